The predicted molar refractivity (Wildman–Crippen MR) is 391 cm³/mol. The summed E-state index contributed by atoms with van der Waals surface area (Å²) in [6.45, 7) is 6.83. The third kappa shape index (κ3) is 61.2. The second-order valence-electron chi connectivity index (χ2n) is 20.6. The Morgan fingerprint density at radius 3 is 0.905 bits per heavy atom. The fourth-order valence-electron chi connectivity index (χ4n) is 8.96. The zero-order chi connectivity index (χ0) is 53.6. The summed E-state index contributed by atoms with van der Waals surface area (Å²) < 4.78 is 0. The maximum atomic E-state index is 12.1. The van der Waals surface area contributed by atoms with Crippen molar-refractivity contribution in [3.05, 3.63) is 0 Å². The maximum Gasteiger partial charge on any atom is 0.0740 e. The van der Waals surface area contributed by atoms with Crippen molar-refractivity contribution in [1.29, 1.82) is 0 Å². The molecule has 0 aliphatic carbocycles. The van der Waals surface area contributed by atoms with Gasteiger partial charge in [-0.15, -0.1) is 0 Å². The molecule has 0 aromatic rings. The molecule has 15 heteroatoms. The molecule has 0 rings (SSSR count). The van der Waals surface area contributed by atoms with E-state index < -0.39 is 5.60 Å². The van der Waals surface area contributed by atoms with Crippen LogP contribution in [0.3, 0.4) is 0 Å². The minimum absolute atomic E-state index is 0.349. The molecule has 0 aliphatic heterocycles. The molecule has 0 aromatic carbocycles. The van der Waals surface area contributed by atoms with Gasteiger partial charge in [0.05, 0.1) is 5.60 Å². The second kappa shape index (κ2) is 68.4. The maximum absolute atomic E-state index is 12.1. The van der Waals surface area contributed by atoms with Crippen molar-refractivity contribution in [2.45, 2.75) is 223 Å². The minimum Gasteiger partial charge on any atom is -0.389 e. The average Bonchev–Trinajstić information content (AvgIpc) is 3.39. The zero-order valence-corrected chi connectivity index (χ0v) is 63.3. The van der Waals surface area contributed by atoms with Gasteiger partial charge in [-0.2, -0.15) is 141 Å². The first kappa shape index (κ1) is 78.6. The molecule has 0 bridgehead atoms. The molecule has 0 spiro atoms. The van der Waals surface area contributed by atoms with Crippen molar-refractivity contribution in [3.8, 4) is 0 Å². The third-order valence-electron chi connectivity index (χ3n) is 13.5. The normalized spacial score (nSPS) is 13.6. The van der Waals surface area contributed by atoms with Crippen LogP contribution in [0.15, 0.2) is 0 Å². The quantitative estimate of drug-likeness (QED) is 0.0462. The third-order valence-corrected chi connectivity index (χ3v) is 30.4. The molecule has 0 radical (unpaired) electrons. The van der Waals surface area contributed by atoms with E-state index in [2.05, 4.69) is 162 Å². The van der Waals surface area contributed by atoms with Gasteiger partial charge in [-0.25, -0.2) is 0 Å². The van der Waals surface area contributed by atoms with Gasteiger partial charge in [0.1, 0.15) is 0 Å². The Balaban J connectivity index is 4.02. The summed E-state index contributed by atoms with van der Waals surface area (Å²) in [4.78, 5) is 0. The van der Waals surface area contributed by atoms with Crippen LogP contribution >= 0.6 is 141 Å². The van der Waals surface area contributed by atoms with Gasteiger partial charge in [-0.3, -0.25) is 0 Å². The van der Waals surface area contributed by atoms with Gasteiger partial charge in [0.25, 0.3) is 0 Å². The zero-order valence-electron chi connectivity index (χ0n) is 49.5. The molecule has 0 saturated heterocycles. The number of unbranched alkanes of at least 4 members (excludes halogenated alkanes) is 22. The van der Waals surface area contributed by atoms with E-state index in [1.807, 2.05) is 0 Å². The largest absolute Gasteiger partial charge is 0.389 e. The summed E-state index contributed by atoms with van der Waals surface area (Å²) in [7, 11) is 2.80. The van der Waals surface area contributed by atoms with Crippen LogP contribution in [0, 0.1) is 5.92 Å². The molecule has 0 saturated carbocycles. The number of thioether (sulfide) groups is 12. The topological polar surface area (TPSA) is 20.2 Å². The summed E-state index contributed by atoms with van der Waals surface area (Å²) in [5.41, 5.74) is -0.576. The van der Waals surface area contributed by atoms with Crippen LogP contribution in [-0.4, -0.2) is 169 Å². The van der Waals surface area contributed by atoms with Crippen molar-refractivity contribution in [2.75, 3.05) is 132 Å². The summed E-state index contributed by atoms with van der Waals surface area (Å²) in [5, 5.41) is 12.4. The number of hydrogen-bond acceptors (Lipinski definition) is 13. The standard InChI is InChI=1S/C59H124OS12Si2/c1-4-6-24-30-57(56-71-51-50-69-47-46-67-43-42-65-40-38-63-36-34-61-32-26-20-16-12-8-10-14-18-22-28-54-73)58(59(3,60)31-25-7-5-2)72-53-52-70-49-48-68-45-44-66-41-39-64-37-35-62-33-27-21-17-13-9-11-15-19-23-29-55-74/h57-58,60H,4-56H2,1-3,73-74H3. The molecular formula is C59H124OS12Si2. The fraction of sp³-hybridized carbons (Fsp3) is 1.00. The Labute approximate surface area is 523 Å². The summed E-state index contributed by atoms with van der Waals surface area (Å²) in [6, 6.07) is 3.00. The van der Waals surface area contributed by atoms with Crippen LogP contribution in [0.1, 0.15) is 201 Å². The highest BCUT2D eigenvalue weighted by molar-refractivity contribution is 8.07. The van der Waals surface area contributed by atoms with Crippen LogP contribution in [0.25, 0.3) is 0 Å². The molecule has 1 nitrogen and oxygen atoms in total. The summed E-state index contributed by atoms with van der Waals surface area (Å²) >= 11 is 26.0. The van der Waals surface area contributed by atoms with Crippen molar-refractivity contribution < 1.29 is 5.11 Å². The molecule has 0 heterocycles. The molecule has 74 heavy (non-hydrogen) atoms. The van der Waals surface area contributed by atoms with Crippen molar-refractivity contribution in [2.24, 2.45) is 5.92 Å². The van der Waals surface area contributed by atoms with Gasteiger partial charge in [0.15, 0.2) is 0 Å². The fourth-order valence-corrected chi connectivity index (χ4v) is 24.3. The predicted octanol–water partition coefficient (Wildman–Crippen LogP) is 19.1. The van der Waals surface area contributed by atoms with Gasteiger partial charge in [-0.05, 0) is 55.8 Å². The molecule has 1 N–H and O–H groups in total. The molecular weight excluding hydrogens is 1170 g/mol. The van der Waals surface area contributed by atoms with Crippen molar-refractivity contribution in [3.63, 3.8) is 0 Å². The van der Waals surface area contributed by atoms with E-state index in [-0.39, 0.29) is 0 Å². The minimum atomic E-state index is -0.576. The average molecular weight is 1290 g/mol. The lowest BCUT2D eigenvalue weighted by Crippen LogP contribution is -2.43. The van der Waals surface area contributed by atoms with E-state index in [1.165, 1.54) is 332 Å². The van der Waals surface area contributed by atoms with E-state index in [4.69, 9.17) is 0 Å². The molecule has 446 valence electrons. The second-order valence-corrected chi connectivity index (χ2v) is 37.3. The molecule has 3 atom stereocenters. The van der Waals surface area contributed by atoms with Crippen LogP contribution in [0.5, 0.6) is 0 Å². The van der Waals surface area contributed by atoms with Gasteiger partial charge in [0.2, 0.25) is 0 Å². The van der Waals surface area contributed by atoms with Gasteiger partial charge >= 0.3 is 0 Å². The van der Waals surface area contributed by atoms with E-state index >= 15 is 0 Å². The SMILES string of the molecule is CCCCCC(CSCCSCCSCCSCCSCCSCCCCCCCCCCCC[SiH3])C(SCCSCCSCCSCCSCCSCCCCCCCCCCCC[SiH3])C(C)(O)CCCCC. The van der Waals surface area contributed by atoms with Crippen molar-refractivity contribution in [1.82, 2.24) is 0 Å². The van der Waals surface area contributed by atoms with E-state index in [1.54, 1.807) is 0 Å². The first-order valence-corrected chi connectivity index (χ1v) is 47.8. The number of hydrogen-bond donors (Lipinski definition) is 1. The van der Waals surface area contributed by atoms with Crippen LogP contribution in [0.4, 0.5) is 0 Å². The Kier molecular flexibility index (Phi) is 72.6. The molecule has 0 fully saturated rings. The van der Waals surface area contributed by atoms with Crippen molar-refractivity contribution >= 4 is 162 Å². The van der Waals surface area contributed by atoms with E-state index in [0.717, 1.165) is 12.8 Å². The highest BCUT2D eigenvalue weighted by atomic mass is 32.2. The van der Waals surface area contributed by atoms with Gasteiger partial charge < -0.3 is 5.11 Å². The smallest absolute Gasteiger partial charge is 0.0740 e. The number of aliphatic hydroxyl groups is 1. The number of rotatable bonds is 67. The lowest BCUT2D eigenvalue weighted by molar-refractivity contribution is 0.0316. The Morgan fingerprint density at radius 2 is 0.581 bits per heavy atom. The molecule has 0 aromatic heterocycles. The summed E-state index contributed by atoms with van der Waals surface area (Å²) in [5.74, 6) is 30.6. The molecule has 0 aliphatic rings. The highest BCUT2D eigenvalue weighted by Crippen LogP contribution is 2.38. The summed E-state index contributed by atoms with van der Waals surface area (Å²) in [6.07, 6.45) is 39.2. The van der Waals surface area contributed by atoms with E-state index in [9.17, 15) is 5.11 Å². The Hall–Kier alpha value is 4.59. The monoisotopic (exact) mass is 1290 g/mol. The highest BCUT2D eigenvalue weighted by Gasteiger charge is 2.37. The van der Waals surface area contributed by atoms with E-state index in [0.29, 0.717) is 11.2 Å². The van der Waals surface area contributed by atoms with Crippen LogP contribution in [-0.2, 0) is 0 Å². The molecule has 0 amide bonds. The Morgan fingerprint density at radius 1 is 0.311 bits per heavy atom. The van der Waals surface area contributed by atoms with Gasteiger partial charge in [-0.1, -0.05) is 180 Å². The van der Waals surface area contributed by atoms with Gasteiger partial charge in [0, 0.05) is 141 Å². The Bertz CT molecular complexity index is 1030. The lowest BCUT2D eigenvalue weighted by atomic mass is 9.85. The van der Waals surface area contributed by atoms with Crippen LogP contribution < -0.4 is 0 Å². The first-order chi connectivity index (χ1) is 36.5. The molecule has 3 unspecified atom stereocenters. The van der Waals surface area contributed by atoms with Crippen LogP contribution in [0.2, 0.25) is 12.1 Å². The lowest BCUT2D eigenvalue weighted by Gasteiger charge is -2.38. The first-order valence-electron chi connectivity index (χ1n) is 31.2.